The van der Waals surface area contributed by atoms with E-state index >= 15 is 0 Å². The van der Waals surface area contributed by atoms with Gasteiger partial charge in [0.15, 0.2) is 0 Å². The summed E-state index contributed by atoms with van der Waals surface area (Å²) < 4.78 is 42.6. The number of nitrogens with one attached hydrogen (secondary N) is 2. The molecular formula is C16H13F3N2O3. The number of amides is 1. The number of benzene rings is 2. The standard InChI is InChI=1S/C16H13F3N2O3/c1-24-15(23)12-7-2-3-8-13(12)20-21-14(22)10-5-4-6-11(9-10)16(17,18)19/h2-9,20H,1H3,(H,21,22). The Kier molecular flexibility index (Phi) is 5.08. The van der Waals surface area contributed by atoms with Crippen LogP contribution in [0.1, 0.15) is 26.3 Å². The summed E-state index contributed by atoms with van der Waals surface area (Å²) in [6.45, 7) is 0. The zero-order chi connectivity index (χ0) is 17.7. The summed E-state index contributed by atoms with van der Waals surface area (Å²) in [4.78, 5) is 23.6. The van der Waals surface area contributed by atoms with Crippen molar-refractivity contribution < 1.29 is 27.5 Å². The number of hydrogen-bond donors (Lipinski definition) is 2. The summed E-state index contributed by atoms with van der Waals surface area (Å²) >= 11 is 0. The van der Waals surface area contributed by atoms with Crippen molar-refractivity contribution in [2.75, 3.05) is 12.5 Å². The highest BCUT2D eigenvalue weighted by Crippen LogP contribution is 2.29. The Morgan fingerprint density at radius 1 is 1.04 bits per heavy atom. The molecule has 2 rings (SSSR count). The van der Waals surface area contributed by atoms with Crippen molar-refractivity contribution in [2.45, 2.75) is 6.18 Å². The van der Waals surface area contributed by atoms with Gasteiger partial charge in [0.25, 0.3) is 5.91 Å². The second-order valence-electron chi connectivity index (χ2n) is 4.69. The third-order valence-corrected chi connectivity index (χ3v) is 3.10. The Labute approximate surface area is 135 Å². The number of rotatable bonds is 4. The Morgan fingerprint density at radius 2 is 1.75 bits per heavy atom. The van der Waals surface area contributed by atoms with Crippen LogP contribution < -0.4 is 10.9 Å². The highest BCUT2D eigenvalue weighted by molar-refractivity contribution is 5.98. The minimum absolute atomic E-state index is 0.171. The number of hydrogen-bond acceptors (Lipinski definition) is 4. The molecule has 0 unspecified atom stereocenters. The van der Waals surface area contributed by atoms with Gasteiger partial charge in [0.2, 0.25) is 0 Å². The van der Waals surface area contributed by atoms with Crippen LogP contribution >= 0.6 is 0 Å². The summed E-state index contributed by atoms with van der Waals surface area (Å²) in [5, 5.41) is 0. The molecule has 0 atom stereocenters. The van der Waals surface area contributed by atoms with E-state index in [9.17, 15) is 22.8 Å². The van der Waals surface area contributed by atoms with Gasteiger partial charge in [-0.25, -0.2) is 4.79 Å². The first-order valence-corrected chi connectivity index (χ1v) is 6.74. The molecule has 126 valence electrons. The number of alkyl halides is 3. The van der Waals surface area contributed by atoms with E-state index in [0.717, 1.165) is 18.2 Å². The molecule has 5 nitrogen and oxygen atoms in total. The van der Waals surface area contributed by atoms with Gasteiger partial charge in [-0.3, -0.25) is 15.6 Å². The minimum atomic E-state index is -4.54. The number of halogens is 3. The van der Waals surface area contributed by atoms with Crippen LogP contribution in [-0.2, 0) is 10.9 Å². The van der Waals surface area contributed by atoms with E-state index in [-0.39, 0.29) is 16.8 Å². The molecule has 0 heterocycles. The number of para-hydroxylation sites is 1. The molecule has 0 aromatic heterocycles. The van der Waals surface area contributed by atoms with E-state index in [2.05, 4.69) is 15.6 Å². The molecule has 0 aliphatic carbocycles. The summed E-state index contributed by atoms with van der Waals surface area (Å²) in [5.41, 5.74) is 4.08. The number of anilines is 1. The van der Waals surface area contributed by atoms with E-state index in [0.29, 0.717) is 0 Å². The van der Waals surface area contributed by atoms with E-state index in [1.54, 1.807) is 12.1 Å². The molecule has 0 fully saturated rings. The van der Waals surface area contributed by atoms with Crippen LogP contribution in [0.3, 0.4) is 0 Å². The van der Waals surface area contributed by atoms with E-state index in [1.807, 2.05) is 0 Å². The Morgan fingerprint density at radius 3 is 2.42 bits per heavy atom. The lowest BCUT2D eigenvalue weighted by molar-refractivity contribution is -0.137. The Balaban J connectivity index is 2.14. The number of carbonyl (C=O) groups is 2. The summed E-state index contributed by atoms with van der Waals surface area (Å²) in [7, 11) is 1.21. The molecule has 0 aliphatic heterocycles. The van der Waals surface area contributed by atoms with Crippen molar-refractivity contribution in [3.63, 3.8) is 0 Å². The average molecular weight is 338 g/mol. The maximum Gasteiger partial charge on any atom is 0.416 e. The van der Waals surface area contributed by atoms with Gasteiger partial charge in [-0.05, 0) is 30.3 Å². The molecule has 0 bridgehead atoms. The fourth-order valence-corrected chi connectivity index (χ4v) is 1.91. The molecule has 0 saturated carbocycles. The molecule has 0 radical (unpaired) electrons. The topological polar surface area (TPSA) is 67.4 Å². The van der Waals surface area contributed by atoms with Crippen LogP contribution in [0, 0.1) is 0 Å². The monoisotopic (exact) mass is 338 g/mol. The van der Waals surface area contributed by atoms with Crippen molar-refractivity contribution in [1.82, 2.24) is 5.43 Å². The van der Waals surface area contributed by atoms with Gasteiger partial charge in [0.05, 0.1) is 23.9 Å². The number of esters is 1. The number of methoxy groups -OCH3 is 1. The van der Waals surface area contributed by atoms with Crippen molar-refractivity contribution in [3.05, 3.63) is 65.2 Å². The molecule has 2 aromatic rings. The normalized spacial score (nSPS) is 10.8. The lowest BCUT2D eigenvalue weighted by Gasteiger charge is -2.12. The molecule has 0 saturated heterocycles. The zero-order valence-electron chi connectivity index (χ0n) is 12.5. The van der Waals surface area contributed by atoms with Crippen molar-refractivity contribution in [2.24, 2.45) is 0 Å². The maximum absolute atomic E-state index is 12.7. The van der Waals surface area contributed by atoms with Gasteiger partial charge < -0.3 is 4.74 Å². The molecule has 1 amide bonds. The molecule has 0 aliphatic rings. The molecule has 2 aromatic carbocycles. The van der Waals surface area contributed by atoms with Gasteiger partial charge in [0, 0.05) is 5.56 Å². The highest BCUT2D eigenvalue weighted by atomic mass is 19.4. The molecule has 2 N–H and O–H groups in total. The van der Waals surface area contributed by atoms with Crippen LogP contribution in [0.5, 0.6) is 0 Å². The number of carbonyl (C=O) groups excluding carboxylic acids is 2. The SMILES string of the molecule is COC(=O)c1ccccc1NNC(=O)c1cccc(C(F)(F)F)c1. The average Bonchev–Trinajstić information content (AvgIpc) is 2.58. The van der Waals surface area contributed by atoms with Crippen molar-refractivity contribution in [1.29, 1.82) is 0 Å². The molecular weight excluding hydrogens is 325 g/mol. The molecule has 0 spiro atoms. The van der Waals surface area contributed by atoms with Gasteiger partial charge in [-0.1, -0.05) is 18.2 Å². The van der Waals surface area contributed by atoms with Gasteiger partial charge >= 0.3 is 12.1 Å². The first-order valence-electron chi connectivity index (χ1n) is 6.74. The lowest BCUT2D eigenvalue weighted by Crippen LogP contribution is -2.30. The first-order chi connectivity index (χ1) is 11.3. The predicted molar refractivity (Wildman–Crippen MR) is 80.3 cm³/mol. The summed E-state index contributed by atoms with van der Waals surface area (Å²) in [6, 6.07) is 10.2. The van der Waals surface area contributed by atoms with Crippen LogP contribution in [-0.4, -0.2) is 19.0 Å². The molecule has 24 heavy (non-hydrogen) atoms. The quantitative estimate of drug-likeness (QED) is 0.663. The van der Waals surface area contributed by atoms with Crippen molar-refractivity contribution >= 4 is 17.6 Å². The van der Waals surface area contributed by atoms with Crippen LogP contribution in [0.15, 0.2) is 48.5 Å². The fraction of sp³-hybridized carbons (Fsp3) is 0.125. The Hall–Kier alpha value is -3.03. The third kappa shape index (κ3) is 4.03. The Bertz CT molecular complexity index is 760. The smallest absolute Gasteiger partial charge is 0.416 e. The number of hydrazine groups is 1. The fourth-order valence-electron chi connectivity index (χ4n) is 1.91. The maximum atomic E-state index is 12.7. The van der Waals surface area contributed by atoms with Gasteiger partial charge in [-0.15, -0.1) is 0 Å². The third-order valence-electron chi connectivity index (χ3n) is 3.10. The second kappa shape index (κ2) is 7.03. The van der Waals surface area contributed by atoms with E-state index in [1.165, 1.54) is 25.3 Å². The largest absolute Gasteiger partial charge is 0.465 e. The molecule has 8 heteroatoms. The predicted octanol–water partition coefficient (Wildman–Crippen LogP) is 3.25. The van der Waals surface area contributed by atoms with Crippen LogP contribution in [0.25, 0.3) is 0 Å². The van der Waals surface area contributed by atoms with Crippen LogP contribution in [0.4, 0.5) is 18.9 Å². The summed E-state index contributed by atoms with van der Waals surface area (Å²) in [5.74, 6) is -1.40. The first kappa shape index (κ1) is 17.3. The second-order valence-corrected chi connectivity index (χ2v) is 4.69. The van der Waals surface area contributed by atoms with Gasteiger partial charge in [-0.2, -0.15) is 13.2 Å². The minimum Gasteiger partial charge on any atom is -0.465 e. The van der Waals surface area contributed by atoms with E-state index in [4.69, 9.17) is 0 Å². The van der Waals surface area contributed by atoms with Gasteiger partial charge in [0.1, 0.15) is 0 Å². The van der Waals surface area contributed by atoms with Crippen LogP contribution in [0.2, 0.25) is 0 Å². The zero-order valence-corrected chi connectivity index (χ0v) is 12.5. The van der Waals surface area contributed by atoms with E-state index < -0.39 is 23.6 Å². The van der Waals surface area contributed by atoms with Crippen molar-refractivity contribution in [3.8, 4) is 0 Å². The highest BCUT2D eigenvalue weighted by Gasteiger charge is 2.30. The number of ether oxygens (including phenoxy) is 1. The summed E-state index contributed by atoms with van der Waals surface area (Å²) in [6.07, 6.45) is -4.54. The lowest BCUT2D eigenvalue weighted by atomic mass is 10.1.